The van der Waals surface area contributed by atoms with E-state index in [0.717, 1.165) is 38.4 Å². The summed E-state index contributed by atoms with van der Waals surface area (Å²) in [6, 6.07) is 16.2. The summed E-state index contributed by atoms with van der Waals surface area (Å²) < 4.78 is 0. The van der Waals surface area contributed by atoms with Crippen molar-refractivity contribution in [2.24, 2.45) is 0 Å². The lowest BCUT2D eigenvalue weighted by Gasteiger charge is -2.22. The fourth-order valence-corrected chi connectivity index (χ4v) is 3.75. The summed E-state index contributed by atoms with van der Waals surface area (Å²) >= 11 is 0. The third-order valence-corrected chi connectivity index (χ3v) is 5.61. The average molecular weight is 380 g/mol. The Balaban J connectivity index is 1.58. The molecule has 0 bridgehead atoms. The van der Waals surface area contributed by atoms with Crippen molar-refractivity contribution in [3.8, 4) is 0 Å². The zero-order valence-electron chi connectivity index (χ0n) is 17.3. The second kappa shape index (κ2) is 10.3. The highest BCUT2D eigenvalue weighted by Crippen LogP contribution is 2.22. The van der Waals surface area contributed by atoms with E-state index >= 15 is 0 Å². The van der Waals surface area contributed by atoms with Gasteiger partial charge in [0, 0.05) is 36.6 Å². The van der Waals surface area contributed by atoms with Crippen LogP contribution in [-0.2, 0) is 6.54 Å². The molecule has 0 aliphatic carbocycles. The number of benzene rings is 2. The van der Waals surface area contributed by atoms with Gasteiger partial charge in [-0.25, -0.2) is 0 Å². The van der Waals surface area contributed by atoms with Gasteiger partial charge in [0.2, 0.25) is 0 Å². The van der Waals surface area contributed by atoms with Gasteiger partial charge >= 0.3 is 0 Å². The van der Waals surface area contributed by atoms with Crippen LogP contribution in [0.4, 0.5) is 11.4 Å². The van der Waals surface area contributed by atoms with Crippen LogP contribution in [0, 0.1) is 0 Å². The smallest absolute Gasteiger partial charge is 0.255 e. The van der Waals surface area contributed by atoms with E-state index in [1.165, 1.54) is 36.9 Å². The van der Waals surface area contributed by atoms with E-state index < -0.39 is 0 Å². The van der Waals surface area contributed by atoms with E-state index in [1.807, 2.05) is 24.3 Å². The Morgan fingerprint density at radius 2 is 1.50 bits per heavy atom. The first kappa shape index (κ1) is 20.4. The minimum atomic E-state index is -0.0584. The van der Waals surface area contributed by atoms with Gasteiger partial charge in [-0.2, -0.15) is 0 Å². The molecule has 28 heavy (non-hydrogen) atoms. The molecule has 3 rings (SSSR count). The van der Waals surface area contributed by atoms with Crippen molar-refractivity contribution >= 4 is 17.3 Å². The van der Waals surface area contributed by atoms with Crippen LogP contribution in [0.25, 0.3) is 0 Å². The molecular formula is C24H33N3O. The minimum Gasteiger partial charge on any atom is -0.372 e. The van der Waals surface area contributed by atoms with Crippen LogP contribution in [0.1, 0.15) is 55.5 Å². The van der Waals surface area contributed by atoms with E-state index in [9.17, 15) is 4.79 Å². The zero-order chi connectivity index (χ0) is 19.8. The van der Waals surface area contributed by atoms with Crippen molar-refractivity contribution in [2.45, 2.75) is 46.1 Å². The van der Waals surface area contributed by atoms with Crippen molar-refractivity contribution in [1.82, 2.24) is 4.90 Å². The Labute approximate surface area is 169 Å². The molecule has 1 heterocycles. The van der Waals surface area contributed by atoms with Crippen LogP contribution in [-0.4, -0.2) is 37.0 Å². The van der Waals surface area contributed by atoms with Crippen LogP contribution in [0.15, 0.2) is 48.5 Å². The predicted molar refractivity (Wildman–Crippen MR) is 118 cm³/mol. The van der Waals surface area contributed by atoms with E-state index in [4.69, 9.17) is 0 Å². The Morgan fingerprint density at radius 1 is 0.893 bits per heavy atom. The van der Waals surface area contributed by atoms with Crippen molar-refractivity contribution in [3.05, 3.63) is 59.7 Å². The highest BCUT2D eigenvalue weighted by Gasteiger charge is 2.11. The van der Waals surface area contributed by atoms with Crippen LogP contribution < -0.4 is 10.2 Å². The maximum atomic E-state index is 12.6. The summed E-state index contributed by atoms with van der Waals surface area (Å²) in [6.07, 6.45) is 5.20. The molecule has 150 valence electrons. The summed E-state index contributed by atoms with van der Waals surface area (Å²) in [4.78, 5) is 17.4. The highest BCUT2D eigenvalue weighted by atomic mass is 16.1. The van der Waals surface area contributed by atoms with Crippen LogP contribution in [0.2, 0.25) is 0 Å². The number of anilines is 2. The first-order valence-electron chi connectivity index (χ1n) is 10.7. The number of carbonyl (C=O) groups excluding carboxylic acids is 1. The maximum Gasteiger partial charge on any atom is 0.255 e. The second-order valence-electron chi connectivity index (χ2n) is 7.56. The molecule has 0 spiro atoms. The lowest BCUT2D eigenvalue weighted by atomic mass is 10.1. The van der Waals surface area contributed by atoms with E-state index in [0.29, 0.717) is 5.56 Å². The summed E-state index contributed by atoms with van der Waals surface area (Å²) in [5.41, 5.74) is 4.03. The van der Waals surface area contributed by atoms with Crippen molar-refractivity contribution in [3.63, 3.8) is 0 Å². The third-order valence-electron chi connectivity index (χ3n) is 5.61. The number of carbonyl (C=O) groups is 1. The molecule has 1 amide bonds. The molecule has 1 fully saturated rings. The Morgan fingerprint density at radius 3 is 2.07 bits per heavy atom. The topological polar surface area (TPSA) is 35.6 Å². The Kier molecular flexibility index (Phi) is 7.49. The van der Waals surface area contributed by atoms with Gasteiger partial charge in [-0.3, -0.25) is 9.69 Å². The molecule has 1 aliphatic heterocycles. The SMILES string of the molecule is CCN(CC)Cc1ccc(C(=O)Nc2ccc(N3CCCCCC3)cc2)cc1. The number of amides is 1. The number of hydrogen-bond acceptors (Lipinski definition) is 3. The molecule has 2 aromatic rings. The highest BCUT2D eigenvalue weighted by molar-refractivity contribution is 6.04. The molecule has 1 N–H and O–H groups in total. The van der Waals surface area contributed by atoms with Gasteiger partial charge in [0.25, 0.3) is 5.91 Å². The van der Waals surface area contributed by atoms with Crippen LogP contribution in [0.5, 0.6) is 0 Å². The first-order valence-corrected chi connectivity index (χ1v) is 10.7. The summed E-state index contributed by atoms with van der Waals surface area (Å²) in [5, 5.41) is 3.02. The van der Waals surface area contributed by atoms with Crippen molar-refractivity contribution < 1.29 is 4.79 Å². The number of nitrogens with zero attached hydrogens (tertiary/aromatic N) is 2. The van der Waals surface area contributed by atoms with E-state index in [2.05, 4.69) is 53.2 Å². The minimum absolute atomic E-state index is 0.0584. The number of rotatable bonds is 7. The molecule has 1 aliphatic rings. The average Bonchev–Trinajstić information content (AvgIpc) is 3.02. The molecule has 2 aromatic carbocycles. The van der Waals surface area contributed by atoms with Crippen LogP contribution >= 0.6 is 0 Å². The Bertz CT molecular complexity index is 727. The van der Waals surface area contributed by atoms with Gasteiger partial charge in [0.1, 0.15) is 0 Å². The van der Waals surface area contributed by atoms with Gasteiger partial charge in [-0.05, 0) is 67.9 Å². The maximum absolute atomic E-state index is 12.6. The van der Waals surface area contributed by atoms with Gasteiger partial charge in [-0.1, -0.05) is 38.8 Å². The van der Waals surface area contributed by atoms with Gasteiger partial charge in [-0.15, -0.1) is 0 Å². The lowest BCUT2D eigenvalue weighted by Crippen LogP contribution is -2.23. The Hall–Kier alpha value is -2.33. The second-order valence-corrected chi connectivity index (χ2v) is 7.56. The van der Waals surface area contributed by atoms with Gasteiger partial charge in [0.05, 0.1) is 0 Å². The molecule has 0 saturated carbocycles. The standard InChI is InChI=1S/C24H33N3O/c1-3-26(4-2)19-20-9-11-21(12-10-20)24(28)25-22-13-15-23(16-14-22)27-17-7-5-6-8-18-27/h9-16H,3-8,17-19H2,1-2H3,(H,25,28). The molecule has 0 unspecified atom stereocenters. The van der Waals surface area contributed by atoms with Crippen molar-refractivity contribution in [2.75, 3.05) is 36.4 Å². The van der Waals surface area contributed by atoms with Crippen LogP contribution in [0.3, 0.4) is 0 Å². The van der Waals surface area contributed by atoms with Crippen molar-refractivity contribution in [1.29, 1.82) is 0 Å². The molecule has 1 saturated heterocycles. The normalized spacial score (nSPS) is 14.8. The third kappa shape index (κ3) is 5.59. The fourth-order valence-electron chi connectivity index (χ4n) is 3.75. The molecule has 4 nitrogen and oxygen atoms in total. The molecule has 0 atom stereocenters. The summed E-state index contributed by atoms with van der Waals surface area (Å²) in [6.45, 7) is 9.59. The van der Waals surface area contributed by atoms with E-state index in [1.54, 1.807) is 0 Å². The number of nitrogens with one attached hydrogen (secondary N) is 1. The summed E-state index contributed by atoms with van der Waals surface area (Å²) in [7, 11) is 0. The molecule has 0 aromatic heterocycles. The lowest BCUT2D eigenvalue weighted by molar-refractivity contribution is 0.102. The number of hydrogen-bond donors (Lipinski definition) is 1. The van der Waals surface area contributed by atoms with E-state index in [-0.39, 0.29) is 5.91 Å². The molecule has 0 radical (unpaired) electrons. The monoisotopic (exact) mass is 379 g/mol. The molecule has 4 heteroatoms. The van der Waals surface area contributed by atoms with Gasteiger partial charge < -0.3 is 10.2 Å². The first-order chi connectivity index (χ1) is 13.7. The quantitative estimate of drug-likeness (QED) is 0.722. The zero-order valence-corrected chi connectivity index (χ0v) is 17.3. The largest absolute Gasteiger partial charge is 0.372 e. The molecular weight excluding hydrogens is 346 g/mol. The summed E-state index contributed by atoms with van der Waals surface area (Å²) in [5.74, 6) is -0.0584. The fraction of sp³-hybridized carbons (Fsp3) is 0.458. The van der Waals surface area contributed by atoms with Gasteiger partial charge in [0.15, 0.2) is 0 Å². The predicted octanol–water partition coefficient (Wildman–Crippen LogP) is 5.16.